The second kappa shape index (κ2) is 7.82. The first-order valence-corrected chi connectivity index (χ1v) is 9.14. The molecule has 1 aliphatic carbocycles. The van der Waals surface area contributed by atoms with Gasteiger partial charge < -0.3 is 15.4 Å². The van der Waals surface area contributed by atoms with Gasteiger partial charge in [-0.15, -0.1) is 5.10 Å². The zero-order valence-electron chi connectivity index (χ0n) is 15.2. The molecule has 0 spiro atoms. The van der Waals surface area contributed by atoms with Gasteiger partial charge in [-0.1, -0.05) is 0 Å². The van der Waals surface area contributed by atoms with Crippen molar-refractivity contribution in [2.75, 3.05) is 36.9 Å². The predicted molar refractivity (Wildman–Crippen MR) is 99.6 cm³/mol. The quantitative estimate of drug-likeness (QED) is 0.784. The first-order chi connectivity index (χ1) is 13.2. The summed E-state index contributed by atoms with van der Waals surface area (Å²) < 4.78 is 5.90. The van der Waals surface area contributed by atoms with Gasteiger partial charge in [0.15, 0.2) is 11.5 Å². The third-order valence-electron chi connectivity index (χ3n) is 4.75. The fourth-order valence-electron chi connectivity index (χ4n) is 3.14. The van der Waals surface area contributed by atoms with Gasteiger partial charge in [-0.3, -0.25) is 4.90 Å². The molecule has 9 nitrogen and oxygen atoms in total. The summed E-state index contributed by atoms with van der Waals surface area (Å²) in [7, 11) is 0. The number of hydrogen-bond donors (Lipinski definition) is 2. The second-order valence-corrected chi connectivity index (χ2v) is 6.85. The minimum Gasteiger partial charge on any atom is -0.381 e. The van der Waals surface area contributed by atoms with E-state index < -0.39 is 0 Å². The summed E-state index contributed by atoms with van der Waals surface area (Å²) in [5.41, 5.74) is 1.99. The van der Waals surface area contributed by atoms with Gasteiger partial charge in [0.05, 0.1) is 36.5 Å². The van der Waals surface area contributed by atoms with E-state index in [1.165, 1.54) is 25.2 Å². The van der Waals surface area contributed by atoms with Gasteiger partial charge in [0, 0.05) is 31.7 Å². The molecule has 1 saturated carbocycles. The smallest absolute Gasteiger partial charge is 0.158 e. The molecule has 0 unspecified atom stereocenters. The van der Waals surface area contributed by atoms with Gasteiger partial charge in [-0.2, -0.15) is 10.4 Å². The van der Waals surface area contributed by atoms with Crippen LogP contribution in [0.2, 0.25) is 0 Å². The first-order valence-electron chi connectivity index (χ1n) is 9.14. The summed E-state index contributed by atoms with van der Waals surface area (Å²) in [6, 6.07) is 4.60. The number of ether oxygens (including phenoxy) is 1. The number of nitrogens with one attached hydrogen (secondary N) is 2. The van der Waals surface area contributed by atoms with Crippen molar-refractivity contribution < 1.29 is 4.74 Å². The molecule has 2 aliphatic rings. The van der Waals surface area contributed by atoms with E-state index in [4.69, 9.17) is 10.00 Å². The normalized spacial score (nSPS) is 20.1. The zero-order valence-corrected chi connectivity index (χ0v) is 15.2. The molecule has 2 aromatic rings. The topological polar surface area (TPSA) is 112 Å². The Morgan fingerprint density at radius 2 is 2.15 bits per heavy atom. The van der Waals surface area contributed by atoms with E-state index in [0.717, 1.165) is 43.7 Å². The zero-order chi connectivity index (χ0) is 18.6. The number of rotatable bonds is 6. The number of aromatic nitrogens is 4. The van der Waals surface area contributed by atoms with Gasteiger partial charge in [0.2, 0.25) is 0 Å². The van der Waals surface area contributed by atoms with Crippen molar-refractivity contribution in [3.8, 4) is 6.07 Å². The Labute approximate surface area is 157 Å². The molecule has 0 amide bonds. The predicted octanol–water partition coefficient (Wildman–Crippen LogP) is 1.47. The molecule has 2 N–H and O–H groups in total. The highest BCUT2D eigenvalue weighted by Gasteiger charge is 2.32. The van der Waals surface area contributed by atoms with Crippen LogP contribution in [0.25, 0.3) is 0 Å². The van der Waals surface area contributed by atoms with Crippen LogP contribution in [0.4, 0.5) is 17.3 Å². The van der Waals surface area contributed by atoms with Crippen LogP contribution in [0.15, 0.2) is 18.5 Å². The lowest BCUT2D eigenvalue weighted by Crippen LogP contribution is -2.46. The van der Waals surface area contributed by atoms with Crippen LogP contribution in [-0.2, 0) is 4.74 Å². The lowest BCUT2D eigenvalue weighted by Gasteiger charge is -2.33. The second-order valence-electron chi connectivity index (χ2n) is 6.85. The van der Waals surface area contributed by atoms with Gasteiger partial charge >= 0.3 is 0 Å². The molecule has 1 atom stereocenters. The minimum atomic E-state index is 0.174. The van der Waals surface area contributed by atoms with Crippen LogP contribution in [0, 0.1) is 18.3 Å². The van der Waals surface area contributed by atoms with E-state index >= 15 is 0 Å². The molecule has 1 saturated heterocycles. The molecule has 4 rings (SSSR count). The molecule has 1 aliphatic heterocycles. The number of hydrogen-bond acceptors (Lipinski definition) is 9. The first kappa shape index (κ1) is 17.6. The maximum atomic E-state index is 8.79. The van der Waals surface area contributed by atoms with Gasteiger partial charge in [-0.05, 0) is 19.8 Å². The van der Waals surface area contributed by atoms with Crippen molar-refractivity contribution in [2.45, 2.75) is 31.9 Å². The Kier molecular flexibility index (Phi) is 5.09. The number of aryl methyl sites for hydroxylation is 1. The van der Waals surface area contributed by atoms with Crippen LogP contribution in [0.1, 0.15) is 24.2 Å². The van der Waals surface area contributed by atoms with E-state index in [2.05, 4.69) is 35.7 Å². The molecular formula is C18H22N8O. The van der Waals surface area contributed by atoms with Gasteiger partial charge in [0.1, 0.15) is 11.9 Å². The van der Waals surface area contributed by atoms with Crippen molar-refractivity contribution in [1.29, 1.82) is 5.26 Å². The van der Waals surface area contributed by atoms with E-state index in [9.17, 15) is 0 Å². The minimum absolute atomic E-state index is 0.174. The van der Waals surface area contributed by atoms with E-state index in [1.807, 2.05) is 19.1 Å². The Balaban J connectivity index is 1.37. The molecule has 2 fully saturated rings. The number of nitriles is 1. The van der Waals surface area contributed by atoms with Crippen LogP contribution in [0.3, 0.4) is 0 Å². The van der Waals surface area contributed by atoms with Crippen LogP contribution in [0.5, 0.6) is 0 Å². The Bertz CT molecular complexity index is 830. The fraction of sp³-hybridized carbons (Fsp3) is 0.500. The lowest BCUT2D eigenvalue weighted by molar-refractivity contribution is -0.0241. The lowest BCUT2D eigenvalue weighted by atomic mass is 10.2. The number of morpholine rings is 1. The molecule has 0 radical (unpaired) electrons. The highest BCUT2D eigenvalue weighted by molar-refractivity contribution is 5.59. The average Bonchev–Trinajstić information content (AvgIpc) is 3.55. The van der Waals surface area contributed by atoms with Crippen molar-refractivity contribution in [3.63, 3.8) is 0 Å². The van der Waals surface area contributed by atoms with E-state index in [0.29, 0.717) is 11.6 Å². The molecule has 0 bridgehead atoms. The third kappa shape index (κ3) is 4.48. The largest absolute Gasteiger partial charge is 0.381 e. The maximum Gasteiger partial charge on any atom is 0.158 e. The Morgan fingerprint density at radius 1 is 1.26 bits per heavy atom. The molecule has 0 aromatic carbocycles. The number of anilines is 3. The van der Waals surface area contributed by atoms with Gasteiger partial charge in [0.25, 0.3) is 0 Å². The Morgan fingerprint density at radius 3 is 2.89 bits per heavy atom. The van der Waals surface area contributed by atoms with E-state index in [-0.39, 0.29) is 11.8 Å². The number of nitrogens with zero attached hydrogens (tertiary/aromatic N) is 6. The van der Waals surface area contributed by atoms with Crippen molar-refractivity contribution in [3.05, 3.63) is 29.8 Å². The fourth-order valence-corrected chi connectivity index (χ4v) is 3.14. The standard InChI is InChI=1S/C18H22N8O/c1-12-16(21-9-15-11-26(4-5-27-15)14-2-3-14)6-17(25-24-12)23-18-10-20-13(7-19)8-22-18/h6,8,10,14-15H,2-5,9,11H2,1H3,(H2,21,22,23,25)/t15-/m1/s1. The summed E-state index contributed by atoms with van der Waals surface area (Å²) in [5, 5.41) is 23.6. The highest BCUT2D eigenvalue weighted by atomic mass is 16.5. The summed E-state index contributed by atoms with van der Waals surface area (Å²) in [5.74, 6) is 1.07. The molecule has 2 aromatic heterocycles. The van der Waals surface area contributed by atoms with Crippen molar-refractivity contribution >= 4 is 17.3 Å². The maximum absolute atomic E-state index is 8.79. The monoisotopic (exact) mass is 366 g/mol. The van der Waals surface area contributed by atoms with Crippen molar-refractivity contribution in [1.82, 2.24) is 25.1 Å². The summed E-state index contributed by atoms with van der Waals surface area (Å²) in [6.07, 6.45) is 5.72. The average molecular weight is 366 g/mol. The molecule has 9 heteroatoms. The van der Waals surface area contributed by atoms with Crippen LogP contribution < -0.4 is 10.6 Å². The Hall–Kier alpha value is -2.83. The van der Waals surface area contributed by atoms with Gasteiger partial charge in [-0.25, -0.2) is 9.97 Å². The molecule has 140 valence electrons. The third-order valence-corrected chi connectivity index (χ3v) is 4.75. The van der Waals surface area contributed by atoms with Crippen LogP contribution >= 0.6 is 0 Å². The van der Waals surface area contributed by atoms with E-state index in [1.54, 1.807) is 0 Å². The molecule has 27 heavy (non-hydrogen) atoms. The SMILES string of the molecule is Cc1nnc(Nc2cnc(C#N)cn2)cc1NC[C@@H]1CN(C2CC2)CCO1. The summed E-state index contributed by atoms with van der Waals surface area (Å²) in [6.45, 7) is 5.45. The molecule has 3 heterocycles. The van der Waals surface area contributed by atoms with Crippen LogP contribution in [-0.4, -0.2) is 63.5 Å². The van der Waals surface area contributed by atoms with Crippen molar-refractivity contribution in [2.24, 2.45) is 0 Å². The highest BCUT2D eigenvalue weighted by Crippen LogP contribution is 2.28. The summed E-state index contributed by atoms with van der Waals surface area (Å²) >= 11 is 0. The summed E-state index contributed by atoms with van der Waals surface area (Å²) in [4.78, 5) is 10.7. The molecular weight excluding hydrogens is 344 g/mol.